The molecule has 27 heavy (non-hydrogen) atoms. The summed E-state index contributed by atoms with van der Waals surface area (Å²) in [6.07, 6.45) is 3.09. The van der Waals surface area contributed by atoms with Crippen LogP contribution in [0.25, 0.3) is 10.8 Å². The molecule has 2 N–H and O–H groups in total. The lowest BCUT2D eigenvalue weighted by molar-refractivity contribution is -0.149. The highest BCUT2D eigenvalue weighted by Gasteiger charge is 2.43. The van der Waals surface area contributed by atoms with Gasteiger partial charge in [0.25, 0.3) is 10.0 Å². The van der Waals surface area contributed by atoms with Gasteiger partial charge in [0.2, 0.25) is 5.91 Å². The molecule has 8 heteroatoms. The molecule has 2 aromatic carbocycles. The van der Waals surface area contributed by atoms with Crippen LogP contribution in [0.3, 0.4) is 0 Å². The Kier molecular flexibility index (Phi) is 4.10. The van der Waals surface area contributed by atoms with E-state index in [0.29, 0.717) is 23.9 Å². The first-order chi connectivity index (χ1) is 12.8. The molecule has 1 amide bonds. The molecule has 0 bridgehead atoms. The van der Waals surface area contributed by atoms with E-state index in [1.807, 2.05) is 12.1 Å². The fourth-order valence-electron chi connectivity index (χ4n) is 4.11. The van der Waals surface area contributed by atoms with Crippen molar-refractivity contribution >= 4 is 38.4 Å². The number of rotatable bonds is 4. The molecule has 0 atom stereocenters. The van der Waals surface area contributed by atoms with Crippen LogP contribution >= 0.6 is 0 Å². The molecule has 0 radical (unpaired) electrons. The molecule has 0 unspecified atom stereocenters. The van der Waals surface area contributed by atoms with E-state index in [9.17, 15) is 23.1 Å². The number of nitrogens with zero attached hydrogens (tertiary/aromatic N) is 1. The summed E-state index contributed by atoms with van der Waals surface area (Å²) in [4.78, 5) is 24.6. The standard InChI is InChI=1S/C19H20N2O5S/c22-16(20-19(18(23)24)10-2-1-3-11-19)12-21-14-8-4-6-13-7-5-9-15(17(13)14)27(21,25)26/h4-9H,1-3,10-12H2,(H,20,22)(H,23,24). The molecule has 2 aliphatic rings. The molecule has 1 fully saturated rings. The van der Waals surface area contributed by atoms with Crippen molar-refractivity contribution < 1.29 is 23.1 Å². The van der Waals surface area contributed by atoms with Crippen LogP contribution in [0.15, 0.2) is 41.3 Å². The quantitative estimate of drug-likeness (QED) is 0.836. The summed E-state index contributed by atoms with van der Waals surface area (Å²) in [6.45, 7) is -0.439. The van der Waals surface area contributed by atoms with Gasteiger partial charge in [0.1, 0.15) is 12.1 Å². The maximum atomic E-state index is 12.9. The number of nitrogens with one attached hydrogen (secondary N) is 1. The maximum Gasteiger partial charge on any atom is 0.329 e. The minimum atomic E-state index is -3.85. The van der Waals surface area contributed by atoms with Gasteiger partial charge < -0.3 is 10.4 Å². The average molecular weight is 388 g/mol. The Labute approximate surface area is 157 Å². The zero-order valence-corrected chi connectivity index (χ0v) is 15.5. The van der Waals surface area contributed by atoms with Crippen molar-refractivity contribution in [1.29, 1.82) is 0 Å². The molecule has 4 rings (SSSR count). The molecular formula is C19H20N2O5S. The van der Waals surface area contributed by atoms with Gasteiger partial charge in [-0.15, -0.1) is 0 Å². The molecular weight excluding hydrogens is 368 g/mol. The number of carbonyl (C=O) groups excluding carboxylic acids is 1. The second-order valence-electron chi connectivity index (χ2n) is 7.14. The molecule has 7 nitrogen and oxygen atoms in total. The summed E-state index contributed by atoms with van der Waals surface area (Å²) in [5.41, 5.74) is -0.858. The van der Waals surface area contributed by atoms with Crippen molar-refractivity contribution in [3.05, 3.63) is 36.4 Å². The Morgan fingerprint density at radius 2 is 1.74 bits per heavy atom. The van der Waals surface area contributed by atoms with Crippen LogP contribution in [-0.4, -0.2) is 37.5 Å². The van der Waals surface area contributed by atoms with Crippen molar-refractivity contribution in [1.82, 2.24) is 5.32 Å². The molecule has 0 saturated heterocycles. The molecule has 142 valence electrons. The van der Waals surface area contributed by atoms with Crippen molar-refractivity contribution in [2.24, 2.45) is 0 Å². The van der Waals surface area contributed by atoms with Crippen LogP contribution < -0.4 is 9.62 Å². The lowest BCUT2D eigenvalue weighted by atomic mass is 9.81. The van der Waals surface area contributed by atoms with Crippen LogP contribution in [-0.2, 0) is 19.6 Å². The summed E-state index contributed by atoms with van der Waals surface area (Å²) in [5.74, 6) is -1.67. The third kappa shape index (κ3) is 2.75. The number of hydrogen-bond acceptors (Lipinski definition) is 4. The van der Waals surface area contributed by atoms with Crippen LogP contribution in [0.4, 0.5) is 5.69 Å². The first-order valence-electron chi connectivity index (χ1n) is 8.94. The van der Waals surface area contributed by atoms with Crippen molar-refractivity contribution in [2.75, 3.05) is 10.8 Å². The number of benzene rings is 2. The third-order valence-electron chi connectivity index (χ3n) is 5.46. The molecule has 0 aromatic heterocycles. The first kappa shape index (κ1) is 17.8. The predicted octanol–water partition coefficient (Wildman–Crippen LogP) is 2.25. The van der Waals surface area contributed by atoms with Crippen LogP contribution in [0, 0.1) is 0 Å². The summed E-state index contributed by atoms with van der Waals surface area (Å²) in [7, 11) is -3.85. The van der Waals surface area contributed by atoms with Gasteiger partial charge in [-0.3, -0.25) is 9.10 Å². The van der Waals surface area contributed by atoms with Gasteiger partial charge in [-0.2, -0.15) is 0 Å². The lowest BCUT2D eigenvalue weighted by Gasteiger charge is -2.34. The zero-order chi connectivity index (χ0) is 19.2. The van der Waals surface area contributed by atoms with Gasteiger partial charge in [-0.05, 0) is 30.4 Å². The van der Waals surface area contributed by atoms with E-state index < -0.39 is 34.0 Å². The van der Waals surface area contributed by atoms with E-state index >= 15 is 0 Å². The third-order valence-corrected chi connectivity index (χ3v) is 7.27. The SMILES string of the molecule is O=C(CN1c2cccc3cccc(c23)S1(=O)=O)NC1(C(=O)O)CCCCC1. The van der Waals surface area contributed by atoms with Crippen molar-refractivity contribution in [2.45, 2.75) is 42.5 Å². The summed E-state index contributed by atoms with van der Waals surface area (Å²) >= 11 is 0. The highest BCUT2D eigenvalue weighted by atomic mass is 32.2. The number of aliphatic carboxylic acids is 1. The van der Waals surface area contributed by atoms with E-state index in [-0.39, 0.29) is 4.90 Å². The topological polar surface area (TPSA) is 104 Å². The van der Waals surface area contributed by atoms with Gasteiger partial charge in [-0.1, -0.05) is 43.5 Å². The predicted molar refractivity (Wildman–Crippen MR) is 100 cm³/mol. The number of anilines is 1. The summed E-state index contributed by atoms with van der Waals surface area (Å²) in [5, 5.41) is 13.6. The zero-order valence-electron chi connectivity index (χ0n) is 14.6. The van der Waals surface area contributed by atoms with E-state index in [2.05, 4.69) is 5.32 Å². The first-order valence-corrected chi connectivity index (χ1v) is 10.4. The lowest BCUT2D eigenvalue weighted by Crippen LogP contribution is -2.57. The molecule has 1 heterocycles. The van der Waals surface area contributed by atoms with Crippen LogP contribution in [0.1, 0.15) is 32.1 Å². The second kappa shape index (κ2) is 6.23. The number of carbonyl (C=O) groups is 2. The number of sulfonamides is 1. The Hall–Kier alpha value is -2.61. The number of amides is 1. The minimum absolute atomic E-state index is 0.175. The maximum absolute atomic E-state index is 12.9. The van der Waals surface area contributed by atoms with Gasteiger partial charge >= 0.3 is 5.97 Å². The summed E-state index contributed by atoms with van der Waals surface area (Å²) in [6, 6.07) is 10.2. The summed E-state index contributed by atoms with van der Waals surface area (Å²) < 4.78 is 26.9. The van der Waals surface area contributed by atoms with Crippen molar-refractivity contribution in [3.8, 4) is 0 Å². The van der Waals surface area contributed by atoms with Crippen molar-refractivity contribution in [3.63, 3.8) is 0 Å². The fraction of sp³-hybridized carbons (Fsp3) is 0.368. The van der Waals surface area contributed by atoms with Crippen LogP contribution in [0.2, 0.25) is 0 Å². The monoisotopic (exact) mass is 388 g/mol. The Balaban J connectivity index is 1.64. The fourth-order valence-corrected chi connectivity index (χ4v) is 5.78. The highest BCUT2D eigenvalue weighted by Crippen LogP contribution is 2.41. The average Bonchev–Trinajstić information content (AvgIpc) is 2.86. The second-order valence-corrected chi connectivity index (χ2v) is 8.97. The Morgan fingerprint density at radius 1 is 1.07 bits per heavy atom. The normalized spacial score (nSPS) is 19.8. The van der Waals surface area contributed by atoms with Gasteiger partial charge in [0.15, 0.2) is 0 Å². The van der Waals surface area contributed by atoms with E-state index in [1.54, 1.807) is 18.2 Å². The van der Waals surface area contributed by atoms with E-state index in [4.69, 9.17) is 0 Å². The van der Waals surface area contributed by atoms with Gasteiger partial charge in [0, 0.05) is 5.39 Å². The molecule has 1 saturated carbocycles. The molecule has 0 spiro atoms. The highest BCUT2D eigenvalue weighted by molar-refractivity contribution is 7.93. The number of hydrogen-bond donors (Lipinski definition) is 2. The number of carboxylic acid groups (broad SMARTS) is 1. The van der Waals surface area contributed by atoms with E-state index in [0.717, 1.165) is 29.0 Å². The smallest absolute Gasteiger partial charge is 0.329 e. The van der Waals surface area contributed by atoms with Crippen LogP contribution in [0.5, 0.6) is 0 Å². The van der Waals surface area contributed by atoms with E-state index in [1.165, 1.54) is 6.07 Å². The number of carboxylic acids is 1. The molecule has 2 aromatic rings. The largest absolute Gasteiger partial charge is 0.480 e. The minimum Gasteiger partial charge on any atom is -0.480 e. The van der Waals surface area contributed by atoms with Gasteiger partial charge in [0.05, 0.1) is 10.6 Å². The Bertz CT molecular complexity index is 1040. The molecule has 1 aliphatic heterocycles. The van der Waals surface area contributed by atoms with Gasteiger partial charge in [-0.25, -0.2) is 13.2 Å². The molecule has 1 aliphatic carbocycles. The Morgan fingerprint density at radius 3 is 2.41 bits per heavy atom.